The molecule has 1 fully saturated rings. The maximum Gasteiger partial charge on any atom is 0.227 e. The van der Waals surface area contributed by atoms with E-state index in [0.29, 0.717) is 11.5 Å². The fraction of sp³-hybridized carbons (Fsp3) is 0.179. The van der Waals surface area contributed by atoms with Gasteiger partial charge in [0.25, 0.3) is 0 Å². The zero-order chi connectivity index (χ0) is 24.9. The number of aromatic amines is 2. The second kappa shape index (κ2) is 8.63. The van der Waals surface area contributed by atoms with Crippen LogP contribution in [-0.4, -0.2) is 36.0 Å². The highest BCUT2D eigenvalue weighted by Crippen LogP contribution is 2.35. The molecule has 182 valence electrons. The highest BCUT2D eigenvalue weighted by Gasteiger charge is 2.25. The molecule has 0 spiro atoms. The molecule has 5 aromatic heterocycles. The summed E-state index contributed by atoms with van der Waals surface area (Å²) in [6.07, 6.45) is 10.2. The summed E-state index contributed by atoms with van der Waals surface area (Å²) in [6, 6.07) is 12.3. The molecular formula is C28H23N7OS. The molecule has 6 aromatic rings. The van der Waals surface area contributed by atoms with E-state index in [2.05, 4.69) is 55.6 Å². The van der Waals surface area contributed by atoms with Crippen molar-refractivity contribution in [3.8, 4) is 33.1 Å². The Bertz CT molecular complexity index is 1790. The molecule has 9 heteroatoms. The minimum absolute atomic E-state index is 0.0780. The maximum absolute atomic E-state index is 12.4. The predicted molar refractivity (Wildman–Crippen MR) is 146 cm³/mol. The highest BCUT2D eigenvalue weighted by molar-refractivity contribution is 7.15. The third kappa shape index (κ3) is 3.88. The third-order valence-electron chi connectivity index (χ3n) is 7.00. The molecule has 1 saturated carbocycles. The number of hydrogen-bond acceptors (Lipinski definition) is 6. The van der Waals surface area contributed by atoms with E-state index in [0.717, 1.165) is 68.5 Å². The first-order valence-corrected chi connectivity index (χ1v) is 13.1. The van der Waals surface area contributed by atoms with Crippen molar-refractivity contribution in [2.45, 2.75) is 26.2 Å². The minimum atomic E-state index is 0.0780. The monoisotopic (exact) mass is 505 g/mol. The fourth-order valence-corrected chi connectivity index (χ4v) is 5.64. The maximum atomic E-state index is 12.4. The summed E-state index contributed by atoms with van der Waals surface area (Å²) in [7, 11) is 0. The number of aryl methyl sites for hydroxylation is 1. The lowest BCUT2D eigenvalue weighted by atomic mass is 9.85. The number of fused-ring (bicyclic) bond motifs is 2. The summed E-state index contributed by atoms with van der Waals surface area (Å²) >= 11 is 1.73. The lowest BCUT2D eigenvalue weighted by Crippen LogP contribution is -2.28. The van der Waals surface area contributed by atoms with Crippen LogP contribution < -0.4 is 5.32 Å². The number of hydrogen-bond donors (Lipinski definition) is 3. The molecule has 5 heterocycles. The number of rotatable bonds is 5. The van der Waals surface area contributed by atoms with Crippen LogP contribution in [0.5, 0.6) is 0 Å². The summed E-state index contributed by atoms with van der Waals surface area (Å²) in [5, 5.41) is 11.7. The zero-order valence-corrected chi connectivity index (χ0v) is 20.9. The van der Waals surface area contributed by atoms with Gasteiger partial charge in [0.15, 0.2) is 5.82 Å². The van der Waals surface area contributed by atoms with E-state index in [4.69, 9.17) is 4.98 Å². The third-order valence-corrected chi connectivity index (χ3v) is 8.04. The number of pyridine rings is 2. The normalized spacial score (nSPS) is 13.8. The summed E-state index contributed by atoms with van der Waals surface area (Å²) in [6.45, 7) is 2.10. The first-order valence-electron chi connectivity index (χ1n) is 12.3. The number of imidazole rings is 1. The Morgan fingerprint density at radius 1 is 1.00 bits per heavy atom. The SMILES string of the molecule is Cc1ccc(-c2cncc3[nH]c(-c4n[nH]c5ccc(-c6cncc(NC(=O)C7CCC7)c6)cc45)nc23)s1. The molecule has 0 saturated heterocycles. The van der Waals surface area contributed by atoms with Gasteiger partial charge in [-0.05, 0) is 55.7 Å². The Hall–Kier alpha value is -4.37. The van der Waals surface area contributed by atoms with E-state index >= 15 is 0 Å². The standard InChI is InChI=1S/C28H23N7OS/c1-15-5-8-24(37-15)21-13-30-14-23-25(21)33-27(32-23)26-20-10-17(6-7-22(20)34-35-26)18-9-19(12-29-11-18)31-28(36)16-3-2-4-16/h5-14,16H,2-4H2,1H3,(H,31,36)(H,32,33)(H,34,35). The molecule has 3 N–H and O–H groups in total. The number of amides is 1. The van der Waals surface area contributed by atoms with Crippen molar-refractivity contribution in [1.82, 2.24) is 30.1 Å². The summed E-state index contributed by atoms with van der Waals surface area (Å²) in [5.41, 5.74) is 7.01. The van der Waals surface area contributed by atoms with Crippen molar-refractivity contribution in [2.75, 3.05) is 5.32 Å². The number of benzene rings is 1. The molecule has 1 aromatic carbocycles. The van der Waals surface area contributed by atoms with Crippen LogP contribution in [-0.2, 0) is 4.79 Å². The van der Waals surface area contributed by atoms with E-state index in [1.54, 1.807) is 23.7 Å². The Labute approximate surface area is 216 Å². The molecule has 0 bridgehead atoms. The van der Waals surface area contributed by atoms with Gasteiger partial charge in [-0.1, -0.05) is 12.5 Å². The van der Waals surface area contributed by atoms with Crippen molar-refractivity contribution in [1.29, 1.82) is 0 Å². The number of H-pyrrole nitrogens is 2. The number of carbonyl (C=O) groups excluding carboxylic acids is 1. The molecule has 37 heavy (non-hydrogen) atoms. The number of thiophene rings is 1. The topological polar surface area (TPSA) is 112 Å². The van der Waals surface area contributed by atoms with Gasteiger partial charge in [-0.2, -0.15) is 5.10 Å². The van der Waals surface area contributed by atoms with Crippen molar-refractivity contribution in [2.24, 2.45) is 5.92 Å². The van der Waals surface area contributed by atoms with Gasteiger partial charge in [0, 0.05) is 44.6 Å². The summed E-state index contributed by atoms with van der Waals surface area (Å²) in [5.74, 6) is 0.881. The van der Waals surface area contributed by atoms with Crippen molar-refractivity contribution < 1.29 is 4.79 Å². The predicted octanol–water partition coefficient (Wildman–Crippen LogP) is 6.34. The second-order valence-electron chi connectivity index (χ2n) is 9.49. The fourth-order valence-electron chi connectivity index (χ4n) is 4.76. The number of carbonyl (C=O) groups is 1. The van der Waals surface area contributed by atoms with Gasteiger partial charge in [-0.25, -0.2) is 4.98 Å². The quantitative estimate of drug-likeness (QED) is 0.253. The van der Waals surface area contributed by atoms with E-state index in [-0.39, 0.29) is 11.8 Å². The van der Waals surface area contributed by atoms with Crippen molar-refractivity contribution in [3.05, 3.63) is 66.1 Å². The molecular weight excluding hydrogens is 482 g/mol. The second-order valence-corrected chi connectivity index (χ2v) is 10.8. The molecule has 7 rings (SSSR count). The van der Waals surface area contributed by atoms with Gasteiger partial charge in [-0.3, -0.25) is 19.9 Å². The van der Waals surface area contributed by atoms with Crippen LogP contribution in [0.15, 0.2) is 61.2 Å². The van der Waals surface area contributed by atoms with Gasteiger partial charge < -0.3 is 10.3 Å². The molecule has 1 amide bonds. The number of nitrogens with one attached hydrogen (secondary N) is 3. The first kappa shape index (κ1) is 21.9. The molecule has 1 aliphatic carbocycles. The first-order chi connectivity index (χ1) is 18.1. The van der Waals surface area contributed by atoms with E-state index in [9.17, 15) is 4.79 Å². The smallest absolute Gasteiger partial charge is 0.227 e. The van der Waals surface area contributed by atoms with Gasteiger partial charge in [0.2, 0.25) is 5.91 Å². The number of anilines is 1. The number of nitrogens with zero attached hydrogens (tertiary/aromatic N) is 4. The largest absolute Gasteiger partial charge is 0.335 e. The molecule has 0 radical (unpaired) electrons. The Morgan fingerprint density at radius 3 is 2.70 bits per heavy atom. The van der Waals surface area contributed by atoms with E-state index in [1.807, 2.05) is 30.6 Å². The molecule has 0 atom stereocenters. The lowest BCUT2D eigenvalue weighted by Gasteiger charge is -2.24. The van der Waals surface area contributed by atoms with Crippen LogP contribution in [0.3, 0.4) is 0 Å². The average Bonchev–Trinajstić information content (AvgIpc) is 3.60. The van der Waals surface area contributed by atoms with E-state index < -0.39 is 0 Å². The minimum Gasteiger partial charge on any atom is -0.335 e. The van der Waals surface area contributed by atoms with Gasteiger partial charge >= 0.3 is 0 Å². The summed E-state index contributed by atoms with van der Waals surface area (Å²) < 4.78 is 0. The molecule has 0 aliphatic heterocycles. The van der Waals surface area contributed by atoms with Crippen LogP contribution in [0.1, 0.15) is 24.1 Å². The summed E-state index contributed by atoms with van der Waals surface area (Å²) in [4.78, 5) is 31.9. The van der Waals surface area contributed by atoms with Crippen LogP contribution in [0.2, 0.25) is 0 Å². The lowest BCUT2D eigenvalue weighted by molar-refractivity contribution is -0.122. The van der Waals surface area contributed by atoms with E-state index in [1.165, 1.54) is 4.88 Å². The Balaban J connectivity index is 1.26. The molecule has 0 unspecified atom stereocenters. The van der Waals surface area contributed by atoms with Crippen LogP contribution in [0.4, 0.5) is 5.69 Å². The highest BCUT2D eigenvalue weighted by atomic mass is 32.1. The molecule has 1 aliphatic rings. The van der Waals surface area contributed by atoms with Crippen LogP contribution in [0, 0.1) is 12.8 Å². The molecule has 8 nitrogen and oxygen atoms in total. The van der Waals surface area contributed by atoms with Gasteiger partial charge in [0.05, 0.1) is 29.1 Å². The number of aromatic nitrogens is 6. The van der Waals surface area contributed by atoms with Crippen molar-refractivity contribution >= 4 is 44.9 Å². The zero-order valence-electron chi connectivity index (χ0n) is 20.1. The van der Waals surface area contributed by atoms with Crippen LogP contribution >= 0.6 is 11.3 Å². The van der Waals surface area contributed by atoms with Gasteiger partial charge in [0.1, 0.15) is 11.2 Å². The van der Waals surface area contributed by atoms with Crippen LogP contribution in [0.25, 0.3) is 55.0 Å². The average molecular weight is 506 g/mol. The van der Waals surface area contributed by atoms with Gasteiger partial charge in [-0.15, -0.1) is 11.3 Å². The van der Waals surface area contributed by atoms with Crippen molar-refractivity contribution in [3.63, 3.8) is 0 Å². The Morgan fingerprint density at radius 2 is 1.89 bits per heavy atom. The Kier molecular flexibility index (Phi) is 5.10.